The van der Waals surface area contributed by atoms with Crippen molar-refractivity contribution < 1.29 is 4.39 Å². The largest absolute Gasteiger partial charge is 0.370 e. The van der Waals surface area contributed by atoms with Crippen LogP contribution in [0.25, 0.3) is 0 Å². The van der Waals surface area contributed by atoms with E-state index in [2.05, 4.69) is 22.2 Å². The summed E-state index contributed by atoms with van der Waals surface area (Å²) < 4.78 is 13.2. The normalized spacial score (nSPS) is 10.5. The van der Waals surface area contributed by atoms with Gasteiger partial charge in [0.1, 0.15) is 17.5 Å². The van der Waals surface area contributed by atoms with Crippen LogP contribution in [0.15, 0.2) is 30.3 Å². The smallest absolute Gasteiger partial charge is 0.135 e. The van der Waals surface area contributed by atoms with E-state index in [0.717, 1.165) is 35.9 Å². The van der Waals surface area contributed by atoms with Gasteiger partial charge in [-0.25, -0.2) is 14.4 Å². The number of hydrogen-bond donors (Lipinski definition) is 1. The van der Waals surface area contributed by atoms with E-state index in [1.54, 1.807) is 6.07 Å². The highest BCUT2D eigenvalue weighted by Gasteiger charge is 2.05. The molecule has 0 bridgehead atoms. The van der Waals surface area contributed by atoms with Crippen molar-refractivity contribution in [2.24, 2.45) is 0 Å². The van der Waals surface area contributed by atoms with Crippen molar-refractivity contribution in [1.82, 2.24) is 9.97 Å². The van der Waals surface area contributed by atoms with Gasteiger partial charge in [-0.05, 0) is 31.0 Å². The Labute approximate surface area is 112 Å². The molecule has 1 N–H and O–H groups in total. The van der Waals surface area contributed by atoms with Crippen LogP contribution in [-0.4, -0.2) is 16.5 Å². The Kier molecular flexibility index (Phi) is 4.44. The summed E-state index contributed by atoms with van der Waals surface area (Å²) in [5.74, 6) is 1.33. The highest BCUT2D eigenvalue weighted by atomic mass is 19.1. The van der Waals surface area contributed by atoms with Crippen LogP contribution in [0, 0.1) is 5.82 Å². The minimum absolute atomic E-state index is 0.226. The summed E-state index contributed by atoms with van der Waals surface area (Å²) in [7, 11) is 0. The maximum atomic E-state index is 13.2. The predicted octanol–water partition coefficient (Wildman–Crippen LogP) is 3.20. The van der Waals surface area contributed by atoms with E-state index < -0.39 is 0 Å². The van der Waals surface area contributed by atoms with Gasteiger partial charge in [0, 0.05) is 24.7 Å². The van der Waals surface area contributed by atoms with Crippen molar-refractivity contribution in [3.8, 4) is 0 Å². The molecular weight excluding hydrogens is 241 g/mol. The van der Waals surface area contributed by atoms with Gasteiger partial charge in [0.15, 0.2) is 0 Å². The minimum atomic E-state index is -0.226. The summed E-state index contributed by atoms with van der Waals surface area (Å²) in [6.45, 7) is 4.91. The second-order valence-corrected chi connectivity index (χ2v) is 4.35. The number of nitrogens with zero attached hydrogens (tertiary/aromatic N) is 2. The molecular formula is C15H18FN3. The van der Waals surface area contributed by atoms with Crippen LogP contribution in [0.2, 0.25) is 0 Å². The fourth-order valence-electron chi connectivity index (χ4n) is 1.91. The van der Waals surface area contributed by atoms with Gasteiger partial charge in [-0.1, -0.05) is 19.1 Å². The first kappa shape index (κ1) is 13.5. The first-order valence-electron chi connectivity index (χ1n) is 6.56. The molecule has 0 atom stereocenters. The molecule has 0 saturated heterocycles. The second-order valence-electron chi connectivity index (χ2n) is 4.35. The number of halogens is 1. The second kappa shape index (κ2) is 6.27. The molecule has 0 amide bonds. The zero-order valence-electron chi connectivity index (χ0n) is 11.3. The molecule has 0 spiro atoms. The molecule has 0 aliphatic rings. The zero-order valence-corrected chi connectivity index (χ0v) is 11.3. The van der Waals surface area contributed by atoms with E-state index in [1.807, 2.05) is 19.1 Å². The predicted molar refractivity (Wildman–Crippen MR) is 74.8 cm³/mol. The fourth-order valence-corrected chi connectivity index (χ4v) is 1.91. The molecule has 3 nitrogen and oxygen atoms in total. The van der Waals surface area contributed by atoms with Gasteiger partial charge in [-0.3, -0.25) is 0 Å². The third-order valence-electron chi connectivity index (χ3n) is 2.80. The third-order valence-corrected chi connectivity index (χ3v) is 2.80. The Morgan fingerprint density at radius 2 is 2.00 bits per heavy atom. The lowest BCUT2D eigenvalue weighted by atomic mass is 10.1. The van der Waals surface area contributed by atoms with Crippen LogP contribution in [0.5, 0.6) is 0 Å². The van der Waals surface area contributed by atoms with Gasteiger partial charge in [-0.2, -0.15) is 0 Å². The molecule has 2 aromatic rings. The van der Waals surface area contributed by atoms with E-state index in [1.165, 1.54) is 12.1 Å². The SMILES string of the molecule is CCNc1cc(CC)nc(Cc2cccc(F)c2)n1. The summed E-state index contributed by atoms with van der Waals surface area (Å²) in [5.41, 5.74) is 1.88. The Morgan fingerprint density at radius 3 is 2.68 bits per heavy atom. The maximum Gasteiger partial charge on any atom is 0.135 e. The molecule has 0 unspecified atom stereocenters. The molecule has 0 fully saturated rings. The average Bonchev–Trinajstić information content (AvgIpc) is 2.39. The highest BCUT2D eigenvalue weighted by molar-refractivity contribution is 5.36. The van der Waals surface area contributed by atoms with Crippen LogP contribution < -0.4 is 5.32 Å². The Balaban J connectivity index is 2.26. The topological polar surface area (TPSA) is 37.8 Å². The lowest BCUT2D eigenvalue weighted by Gasteiger charge is -2.08. The summed E-state index contributed by atoms with van der Waals surface area (Å²) >= 11 is 0. The van der Waals surface area contributed by atoms with E-state index >= 15 is 0 Å². The van der Waals surface area contributed by atoms with Crippen molar-refractivity contribution in [2.75, 3.05) is 11.9 Å². The van der Waals surface area contributed by atoms with Crippen LogP contribution in [-0.2, 0) is 12.8 Å². The maximum absolute atomic E-state index is 13.2. The van der Waals surface area contributed by atoms with Gasteiger partial charge in [-0.15, -0.1) is 0 Å². The van der Waals surface area contributed by atoms with Crippen molar-refractivity contribution in [3.63, 3.8) is 0 Å². The number of rotatable bonds is 5. The van der Waals surface area contributed by atoms with E-state index in [4.69, 9.17) is 0 Å². The summed E-state index contributed by atoms with van der Waals surface area (Å²) in [6.07, 6.45) is 1.40. The molecule has 19 heavy (non-hydrogen) atoms. The fraction of sp³-hybridized carbons (Fsp3) is 0.333. The van der Waals surface area contributed by atoms with Crippen molar-refractivity contribution in [1.29, 1.82) is 0 Å². The summed E-state index contributed by atoms with van der Waals surface area (Å²) in [5, 5.41) is 3.19. The van der Waals surface area contributed by atoms with Crippen LogP contribution in [0.4, 0.5) is 10.2 Å². The van der Waals surface area contributed by atoms with Gasteiger partial charge in [0.25, 0.3) is 0 Å². The third kappa shape index (κ3) is 3.74. The first-order chi connectivity index (χ1) is 9.21. The molecule has 0 aliphatic carbocycles. The Hall–Kier alpha value is -1.97. The standard InChI is InChI=1S/C15H18FN3/c1-3-13-10-14(17-4-2)19-15(18-13)9-11-6-5-7-12(16)8-11/h5-8,10H,3-4,9H2,1-2H3,(H,17,18,19). The van der Waals surface area contributed by atoms with Gasteiger partial charge in [0.05, 0.1) is 0 Å². The van der Waals surface area contributed by atoms with Gasteiger partial charge in [0.2, 0.25) is 0 Å². The van der Waals surface area contributed by atoms with E-state index in [9.17, 15) is 4.39 Å². The van der Waals surface area contributed by atoms with Crippen LogP contribution in [0.3, 0.4) is 0 Å². The Morgan fingerprint density at radius 1 is 1.16 bits per heavy atom. The average molecular weight is 259 g/mol. The van der Waals surface area contributed by atoms with Crippen molar-refractivity contribution in [2.45, 2.75) is 26.7 Å². The zero-order chi connectivity index (χ0) is 13.7. The molecule has 0 saturated carbocycles. The highest BCUT2D eigenvalue weighted by Crippen LogP contribution is 2.12. The van der Waals surface area contributed by atoms with Gasteiger partial charge < -0.3 is 5.32 Å². The lowest BCUT2D eigenvalue weighted by Crippen LogP contribution is -2.06. The van der Waals surface area contributed by atoms with Gasteiger partial charge >= 0.3 is 0 Å². The molecule has 0 radical (unpaired) electrons. The molecule has 0 aliphatic heterocycles. The quantitative estimate of drug-likeness (QED) is 0.896. The molecule has 100 valence electrons. The van der Waals surface area contributed by atoms with Crippen molar-refractivity contribution >= 4 is 5.82 Å². The Bertz CT molecular complexity index is 555. The number of aromatic nitrogens is 2. The lowest BCUT2D eigenvalue weighted by molar-refractivity contribution is 0.625. The summed E-state index contributed by atoms with van der Waals surface area (Å²) in [6, 6.07) is 8.52. The monoisotopic (exact) mass is 259 g/mol. The molecule has 2 rings (SSSR count). The number of anilines is 1. The summed E-state index contributed by atoms with van der Waals surface area (Å²) in [4.78, 5) is 8.94. The minimum Gasteiger partial charge on any atom is -0.370 e. The number of aryl methyl sites for hydroxylation is 1. The number of nitrogens with one attached hydrogen (secondary N) is 1. The molecule has 1 aromatic heterocycles. The number of benzene rings is 1. The van der Waals surface area contributed by atoms with E-state index in [0.29, 0.717) is 6.42 Å². The van der Waals surface area contributed by atoms with Crippen LogP contribution in [0.1, 0.15) is 30.9 Å². The molecule has 1 heterocycles. The van der Waals surface area contributed by atoms with Crippen LogP contribution >= 0.6 is 0 Å². The van der Waals surface area contributed by atoms with Crippen molar-refractivity contribution in [3.05, 3.63) is 53.2 Å². The van der Waals surface area contributed by atoms with E-state index in [-0.39, 0.29) is 5.82 Å². The first-order valence-corrected chi connectivity index (χ1v) is 6.56. The number of hydrogen-bond acceptors (Lipinski definition) is 3. The molecule has 4 heteroatoms. The molecule has 1 aromatic carbocycles.